The first kappa shape index (κ1) is 12.2. The van der Waals surface area contributed by atoms with Gasteiger partial charge in [-0.05, 0) is 19.3 Å². The first-order valence-electron chi connectivity index (χ1n) is 4.54. The van der Waals surface area contributed by atoms with Crippen LogP contribution in [-0.4, -0.2) is 37.9 Å². The highest BCUT2D eigenvalue weighted by molar-refractivity contribution is 5.67. The molecule has 13 heavy (non-hydrogen) atoms. The fourth-order valence-electron chi connectivity index (χ4n) is 1.23. The normalized spacial score (nSPS) is 20.6. The molecule has 0 aromatic heterocycles. The van der Waals surface area contributed by atoms with Crippen molar-refractivity contribution >= 4 is 6.09 Å². The molecule has 0 spiro atoms. The van der Waals surface area contributed by atoms with Crippen molar-refractivity contribution in [1.82, 2.24) is 4.90 Å². The van der Waals surface area contributed by atoms with Crippen LogP contribution >= 0.6 is 0 Å². The second kappa shape index (κ2) is 6.69. The van der Waals surface area contributed by atoms with E-state index in [1.165, 1.54) is 14.0 Å². The lowest BCUT2D eigenvalue weighted by Crippen LogP contribution is -2.27. The number of hydrogen-bond donors (Lipinski definition) is 0. The van der Waals surface area contributed by atoms with E-state index in [1.807, 2.05) is 0 Å². The monoisotopic (exact) mass is 191 g/mol. The molecule has 1 heterocycles. The fourth-order valence-corrected chi connectivity index (χ4v) is 1.23. The number of alkyl halides is 1. The molecule has 0 bridgehead atoms. The van der Waals surface area contributed by atoms with Crippen molar-refractivity contribution < 1.29 is 13.9 Å². The second-order valence-corrected chi connectivity index (χ2v) is 3.08. The number of amides is 1. The van der Waals surface area contributed by atoms with Crippen molar-refractivity contribution in [2.45, 2.75) is 20.3 Å². The number of likely N-dealkylation sites (tertiary alicyclic amines) is 1. The van der Waals surface area contributed by atoms with E-state index in [0.717, 1.165) is 19.5 Å². The van der Waals surface area contributed by atoms with Gasteiger partial charge in [-0.15, -0.1) is 0 Å². The Morgan fingerprint density at radius 3 is 2.54 bits per heavy atom. The molecule has 0 aromatic rings. The molecule has 1 unspecified atom stereocenters. The van der Waals surface area contributed by atoms with Crippen LogP contribution in [0.1, 0.15) is 20.3 Å². The van der Waals surface area contributed by atoms with Crippen LogP contribution in [0.5, 0.6) is 0 Å². The number of rotatable bonds is 0. The van der Waals surface area contributed by atoms with E-state index in [9.17, 15) is 9.18 Å². The van der Waals surface area contributed by atoms with Crippen molar-refractivity contribution in [3.8, 4) is 0 Å². The summed E-state index contributed by atoms with van der Waals surface area (Å²) in [5.74, 6) is 0.638. The third-order valence-corrected chi connectivity index (χ3v) is 1.86. The highest BCUT2D eigenvalue weighted by Gasteiger charge is 2.23. The Labute approximate surface area is 78.9 Å². The van der Waals surface area contributed by atoms with E-state index in [1.54, 1.807) is 4.90 Å². The van der Waals surface area contributed by atoms with E-state index in [4.69, 9.17) is 0 Å². The van der Waals surface area contributed by atoms with Gasteiger partial charge in [-0.2, -0.15) is 0 Å². The Bertz CT molecular complexity index is 153. The lowest BCUT2D eigenvalue weighted by Gasteiger charge is -2.12. The predicted molar refractivity (Wildman–Crippen MR) is 49.4 cm³/mol. The molecule has 0 aromatic carbocycles. The summed E-state index contributed by atoms with van der Waals surface area (Å²) in [4.78, 5) is 12.6. The smallest absolute Gasteiger partial charge is 0.409 e. The summed E-state index contributed by atoms with van der Waals surface area (Å²) in [6.07, 6.45) is 0.916. The maximum atomic E-state index is 10.9. The third-order valence-electron chi connectivity index (χ3n) is 1.86. The molecule has 1 aliphatic rings. The summed E-state index contributed by atoms with van der Waals surface area (Å²) in [7, 11) is 1.42. The first-order valence-corrected chi connectivity index (χ1v) is 4.54. The molecule has 1 aliphatic heterocycles. The van der Waals surface area contributed by atoms with Gasteiger partial charge < -0.3 is 9.64 Å². The number of nitrogens with zero attached hydrogens (tertiary/aromatic N) is 1. The average Bonchev–Trinajstić information content (AvgIpc) is 2.52. The summed E-state index contributed by atoms with van der Waals surface area (Å²) >= 11 is 0. The van der Waals surface area contributed by atoms with Gasteiger partial charge in [0, 0.05) is 13.1 Å². The number of halogens is 1. The van der Waals surface area contributed by atoms with Crippen LogP contribution in [0.15, 0.2) is 0 Å². The van der Waals surface area contributed by atoms with E-state index >= 15 is 0 Å². The Balaban J connectivity index is 0.000000424. The van der Waals surface area contributed by atoms with Gasteiger partial charge in [0.1, 0.15) is 0 Å². The Hall–Kier alpha value is -0.800. The lowest BCUT2D eigenvalue weighted by atomic mass is 10.2. The van der Waals surface area contributed by atoms with Crippen LogP contribution in [0.25, 0.3) is 0 Å². The summed E-state index contributed by atoms with van der Waals surface area (Å²) < 4.78 is 14.9. The van der Waals surface area contributed by atoms with Gasteiger partial charge in [-0.3, -0.25) is 4.39 Å². The van der Waals surface area contributed by atoms with Gasteiger partial charge in [-0.1, -0.05) is 6.92 Å². The highest BCUT2D eigenvalue weighted by Crippen LogP contribution is 2.15. The predicted octanol–water partition coefficient (Wildman–Crippen LogP) is 2.07. The number of ether oxygens (including phenoxy) is 1. The zero-order valence-electron chi connectivity index (χ0n) is 8.55. The molecule has 78 valence electrons. The minimum absolute atomic E-state index is 0.190. The Morgan fingerprint density at radius 2 is 2.23 bits per heavy atom. The number of hydrogen-bond acceptors (Lipinski definition) is 2. The topological polar surface area (TPSA) is 29.5 Å². The van der Waals surface area contributed by atoms with E-state index in [2.05, 4.69) is 11.7 Å². The number of carbonyl (C=O) groups is 1. The van der Waals surface area contributed by atoms with Gasteiger partial charge in [0.2, 0.25) is 0 Å². The molecule has 0 saturated carbocycles. The van der Waals surface area contributed by atoms with Crippen molar-refractivity contribution in [2.75, 3.05) is 26.9 Å². The molecule has 0 aliphatic carbocycles. The molecule has 3 nitrogen and oxygen atoms in total. The van der Waals surface area contributed by atoms with Crippen LogP contribution in [0.4, 0.5) is 9.18 Å². The zero-order valence-corrected chi connectivity index (χ0v) is 8.55. The zero-order chi connectivity index (χ0) is 10.3. The summed E-state index contributed by atoms with van der Waals surface area (Å²) in [5, 5.41) is 0. The van der Waals surface area contributed by atoms with Crippen molar-refractivity contribution in [2.24, 2.45) is 5.92 Å². The minimum atomic E-state index is -0.250. The van der Waals surface area contributed by atoms with E-state index < -0.39 is 0 Å². The van der Waals surface area contributed by atoms with Crippen molar-refractivity contribution in [1.29, 1.82) is 0 Å². The minimum Gasteiger partial charge on any atom is -0.453 e. The number of methoxy groups -OCH3 is 1. The quantitative estimate of drug-likeness (QED) is 0.586. The first-order chi connectivity index (χ1) is 6.15. The molecule has 1 saturated heterocycles. The number of carbonyl (C=O) groups excluding carboxylic acids is 1. The van der Waals surface area contributed by atoms with Crippen LogP contribution in [0, 0.1) is 5.92 Å². The standard InChI is InChI=1S/C7H13NO2.C2H5F/c1-6-3-4-8(5-6)7(9)10-2;1-2-3/h6H,3-5H2,1-2H3;2H2,1H3. The SMILES string of the molecule is CCF.COC(=O)N1CCC(C)C1. The van der Waals surface area contributed by atoms with Crippen LogP contribution in [-0.2, 0) is 4.74 Å². The van der Waals surface area contributed by atoms with Crippen molar-refractivity contribution in [3.63, 3.8) is 0 Å². The van der Waals surface area contributed by atoms with Gasteiger partial charge in [-0.25, -0.2) is 4.79 Å². The molecular formula is C9H18FNO2. The van der Waals surface area contributed by atoms with E-state index in [0.29, 0.717) is 5.92 Å². The van der Waals surface area contributed by atoms with Gasteiger partial charge in [0.25, 0.3) is 0 Å². The average molecular weight is 191 g/mol. The maximum Gasteiger partial charge on any atom is 0.409 e. The maximum absolute atomic E-state index is 10.9. The van der Waals surface area contributed by atoms with Gasteiger partial charge >= 0.3 is 6.09 Å². The van der Waals surface area contributed by atoms with Gasteiger partial charge in [0.15, 0.2) is 0 Å². The highest BCUT2D eigenvalue weighted by atomic mass is 19.1. The van der Waals surface area contributed by atoms with Crippen LogP contribution < -0.4 is 0 Å². The van der Waals surface area contributed by atoms with Crippen LogP contribution in [0.3, 0.4) is 0 Å². The Morgan fingerprint density at radius 1 is 1.69 bits per heavy atom. The summed E-state index contributed by atoms with van der Waals surface area (Å²) in [5.41, 5.74) is 0. The molecular weight excluding hydrogens is 173 g/mol. The summed E-state index contributed by atoms with van der Waals surface area (Å²) in [6, 6.07) is 0. The molecule has 0 radical (unpaired) electrons. The summed E-state index contributed by atoms with van der Waals surface area (Å²) in [6.45, 7) is 5.06. The van der Waals surface area contributed by atoms with E-state index in [-0.39, 0.29) is 12.8 Å². The molecule has 1 amide bonds. The lowest BCUT2D eigenvalue weighted by molar-refractivity contribution is 0.132. The molecule has 0 N–H and O–H groups in total. The second-order valence-electron chi connectivity index (χ2n) is 3.08. The molecule has 1 atom stereocenters. The van der Waals surface area contributed by atoms with Crippen molar-refractivity contribution in [3.05, 3.63) is 0 Å². The molecule has 1 fully saturated rings. The third kappa shape index (κ3) is 4.70. The van der Waals surface area contributed by atoms with Crippen LogP contribution in [0.2, 0.25) is 0 Å². The molecule has 1 rings (SSSR count). The molecule has 4 heteroatoms. The largest absolute Gasteiger partial charge is 0.453 e. The fraction of sp³-hybridized carbons (Fsp3) is 0.889. The Kier molecular flexibility index (Phi) is 6.28. The van der Waals surface area contributed by atoms with Gasteiger partial charge in [0.05, 0.1) is 13.8 Å².